The molecule has 3 rings (SSSR count). The number of nitrogens with zero attached hydrogens (tertiary/aromatic N) is 3. The van der Waals surface area contributed by atoms with Crippen molar-refractivity contribution < 1.29 is 19.4 Å². The second-order valence-corrected chi connectivity index (χ2v) is 5.55. The van der Waals surface area contributed by atoms with Gasteiger partial charge in [-0.3, -0.25) is 9.59 Å². The lowest BCUT2D eigenvalue weighted by molar-refractivity contribution is -0.141. The summed E-state index contributed by atoms with van der Waals surface area (Å²) < 4.78 is 5.33. The summed E-state index contributed by atoms with van der Waals surface area (Å²) in [6.07, 6.45) is 2.18. The average molecular weight is 305 g/mol. The van der Waals surface area contributed by atoms with Crippen molar-refractivity contribution in [2.24, 2.45) is 5.92 Å². The van der Waals surface area contributed by atoms with Crippen LogP contribution in [-0.4, -0.2) is 66.3 Å². The number of aliphatic carboxylic acids is 1. The van der Waals surface area contributed by atoms with E-state index in [1.165, 1.54) is 0 Å². The third-order valence-electron chi connectivity index (χ3n) is 4.15. The maximum atomic E-state index is 12.7. The molecule has 2 fully saturated rings. The Kier molecular flexibility index (Phi) is 4.24. The minimum atomic E-state index is -0.838. The summed E-state index contributed by atoms with van der Waals surface area (Å²) in [5.41, 5.74) is 0.537. The van der Waals surface area contributed by atoms with Gasteiger partial charge < -0.3 is 19.6 Å². The van der Waals surface area contributed by atoms with Crippen molar-refractivity contribution in [3.63, 3.8) is 0 Å². The molecule has 1 N–H and O–H groups in total. The molecule has 7 heteroatoms. The van der Waals surface area contributed by atoms with Crippen molar-refractivity contribution in [2.45, 2.75) is 6.42 Å². The summed E-state index contributed by atoms with van der Waals surface area (Å²) in [4.78, 5) is 31.8. The smallest absolute Gasteiger partial charge is 0.308 e. The third-order valence-corrected chi connectivity index (χ3v) is 4.15. The van der Waals surface area contributed by atoms with Gasteiger partial charge in [0.05, 0.1) is 24.7 Å². The molecule has 2 aliphatic rings. The standard InChI is InChI=1S/C15H19N3O4/c19-14(18-5-3-11(10-18)15(20)21)12-2-1-4-16-13(12)17-6-8-22-9-7-17/h1-2,4,11H,3,5-10H2,(H,20,21). The van der Waals surface area contributed by atoms with E-state index in [0.29, 0.717) is 50.7 Å². The van der Waals surface area contributed by atoms with Crippen molar-refractivity contribution in [2.75, 3.05) is 44.3 Å². The lowest BCUT2D eigenvalue weighted by Gasteiger charge is -2.29. The third kappa shape index (κ3) is 2.89. The molecule has 0 spiro atoms. The second kappa shape index (κ2) is 6.31. The van der Waals surface area contributed by atoms with E-state index < -0.39 is 11.9 Å². The van der Waals surface area contributed by atoms with Gasteiger partial charge >= 0.3 is 5.97 Å². The summed E-state index contributed by atoms with van der Waals surface area (Å²) in [5, 5.41) is 9.07. The fourth-order valence-corrected chi connectivity index (χ4v) is 2.91. The molecule has 22 heavy (non-hydrogen) atoms. The molecular weight excluding hydrogens is 286 g/mol. The van der Waals surface area contributed by atoms with Crippen molar-refractivity contribution >= 4 is 17.7 Å². The Morgan fingerprint density at radius 1 is 1.27 bits per heavy atom. The SMILES string of the molecule is O=C(O)C1CCN(C(=O)c2cccnc2N2CCOCC2)C1. The highest BCUT2D eigenvalue weighted by Crippen LogP contribution is 2.24. The molecule has 1 unspecified atom stereocenters. The topological polar surface area (TPSA) is 83.0 Å². The fourth-order valence-electron chi connectivity index (χ4n) is 2.91. The quantitative estimate of drug-likeness (QED) is 0.874. The van der Waals surface area contributed by atoms with Crippen LogP contribution in [0.3, 0.4) is 0 Å². The van der Waals surface area contributed by atoms with Crippen molar-refractivity contribution in [3.05, 3.63) is 23.9 Å². The van der Waals surface area contributed by atoms with Gasteiger partial charge in [-0.15, -0.1) is 0 Å². The van der Waals surface area contributed by atoms with Gasteiger partial charge in [0.1, 0.15) is 5.82 Å². The van der Waals surface area contributed by atoms with Crippen LogP contribution in [0.1, 0.15) is 16.8 Å². The van der Waals surface area contributed by atoms with Crippen molar-refractivity contribution in [1.82, 2.24) is 9.88 Å². The van der Waals surface area contributed by atoms with Gasteiger partial charge in [0.25, 0.3) is 5.91 Å². The van der Waals surface area contributed by atoms with Crippen LogP contribution in [0.5, 0.6) is 0 Å². The minimum absolute atomic E-state index is 0.140. The predicted octanol–water partition coefficient (Wildman–Crippen LogP) is 0.465. The van der Waals surface area contributed by atoms with Crippen LogP contribution in [0.2, 0.25) is 0 Å². The van der Waals surface area contributed by atoms with Crippen LogP contribution in [0.4, 0.5) is 5.82 Å². The summed E-state index contributed by atoms with van der Waals surface area (Å²) >= 11 is 0. The first-order chi connectivity index (χ1) is 10.7. The lowest BCUT2D eigenvalue weighted by atomic mass is 10.1. The summed E-state index contributed by atoms with van der Waals surface area (Å²) in [7, 11) is 0. The first kappa shape index (κ1) is 14.8. The van der Waals surface area contributed by atoms with E-state index in [-0.39, 0.29) is 12.5 Å². The molecule has 1 amide bonds. The molecule has 1 atom stereocenters. The van der Waals surface area contributed by atoms with Gasteiger partial charge in [0.2, 0.25) is 0 Å². The lowest BCUT2D eigenvalue weighted by Crippen LogP contribution is -2.39. The van der Waals surface area contributed by atoms with E-state index in [0.717, 1.165) is 0 Å². The largest absolute Gasteiger partial charge is 0.481 e. The number of hydrogen-bond donors (Lipinski definition) is 1. The number of carboxylic acid groups (broad SMARTS) is 1. The van der Waals surface area contributed by atoms with E-state index in [1.807, 2.05) is 4.90 Å². The predicted molar refractivity (Wildman–Crippen MR) is 78.9 cm³/mol. The molecule has 2 saturated heterocycles. The van der Waals surface area contributed by atoms with Gasteiger partial charge in [-0.05, 0) is 18.6 Å². The number of ether oxygens (including phenoxy) is 1. The zero-order valence-corrected chi connectivity index (χ0v) is 12.3. The van der Waals surface area contributed by atoms with E-state index in [4.69, 9.17) is 9.84 Å². The number of aromatic nitrogens is 1. The Labute approximate surface area is 128 Å². The monoisotopic (exact) mass is 305 g/mol. The number of likely N-dealkylation sites (tertiary alicyclic amines) is 1. The number of rotatable bonds is 3. The number of morpholine rings is 1. The van der Waals surface area contributed by atoms with E-state index >= 15 is 0 Å². The van der Waals surface area contributed by atoms with Gasteiger partial charge in [0.15, 0.2) is 0 Å². The molecule has 0 saturated carbocycles. The zero-order valence-electron chi connectivity index (χ0n) is 12.3. The maximum absolute atomic E-state index is 12.7. The first-order valence-electron chi connectivity index (χ1n) is 7.46. The molecule has 0 aromatic carbocycles. The second-order valence-electron chi connectivity index (χ2n) is 5.55. The normalized spacial score (nSPS) is 21.9. The summed E-state index contributed by atoms with van der Waals surface area (Å²) in [6, 6.07) is 3.50. The van der Waals surface area contributed by atoms with Crippen molar-refractivity contribution in [3.8, 4) is 0 Å². The number of carbonyl (C=O) groups is 2. The van der Waals surface area contributed by atoms with Gasteiger partial charge in [-0.25, -0.2) is 4.98 Å². The molecule has 3 heterocycles. The van der Waals surface area contributed by atoms with E-state index in [2.05, 4.69) is 4.98 Å². The number of amides is 1. The molecule has 7 nitrogen and oxygen atoms in total. The minimum Gasteiger partial charge on any atom is -0.481 e. The highest BCUT2D eigenvalue weighted by molar-refractivity contribution is 5.99. The maximum Gasteiger partial charge on any atom is 0.308 e. The fraction of sp³-hybridized carbons (Fsp3) is 0.533. The Balaban J connectivity index is 1.79. The highest BCUT2D eigenvalue weighted by atomic mass is 16.5. The zero-order chi connectivity index (χ0) is 15.5. The Morgan fingerprint density at radius 3 is 2.73 bits per heavy atom. The molecular formula is C15H19N3O4. The van der Waals surface area contributed by atoms with Gasteiger partial charge in [-0.1, -0.05) is 0 Å². The number of hydrogen-bond acceptors (Lipinski definition) is 5. The Hall–Kier alpha value is -2.15. The van der Waals surface area contributed by atoms with Gasteiger partial charge in [-0.2, -0.15) is 0 Å². The molecule has 2 aliphatic heterocycles. The van der Waals surface area contributed by atoms with Crippen LogP contribution in [-0.2, 0) is 9.53 Å². The van der Waals surface area contributed by atoms with Crippen molar-refractivity contribution in [1.29, 1.82) is 0 Å². The first-order valence-corrected chi connectivity index (χ1v) is 7.46. The number of anilines is 1. The summed E-state index contributed by atoms with van der Waals surface area (Å²) in [6.45, 7) is 3.40. The van der Waals surface area contributed by atoms with Crippen LogP contribution in [0, 0.1) is 5.92 Å². The molecule has 1 aromatic heterocycles. The summed E-state index contributed by atoms with van der Waals surface area (Å²) in [5.74, 6) is -0.782. The molecule has 118 valence electrons. The Morgan fingerprint density at radius 2 is 2.05 bits per heavy atom. The van der Waals surface area contributed by atoms with Crippen LogP contribution < -0.4 is 4.90 Å². The average Bonchev–Trinajstić information content (AvgIpc) is 3.05. The number of carbonyl (C=O) groups excluding carboxylic acids is 1. The number of carboxylic acids is 1. The molecule has 1 aromatic rings. The van der Waals surface area contributed by atoms with Gasteiger partial charge in [0, 0.05) is 32.4 Å². The molecule has 0 aliphatic carbocycles. The van der Waals surface area contributed by atoms with Crippen LogP contribution in [0.15, 0.2) is 18.3 Å². The molecule has 0 bridgehead atoms. The number of pyridine rings is 1. The molecule has 0 radical (unpaired) electrons. The Bertz CT molecular complexity index is 572. The van der Waals surface area contributed by atoms with E-state index in [1.54, 1.807) is 23.2 Å². The highest BCUT2D eigenvalue weighted by Gasteiger charge is 2.33. The van der Waals surface area contributed by atoms with Crippen LogP contribution >= 0.6 is 0 Å². The van der Waals surface area contributed by atoms with E-state index in [9.17, 15) is 9.59 Å². The van der Waals surface area contributed by atoms with Crippen LogP contribution in [0.25, 0.3) is 0 Å².